The van der Waals surface area contributed by atoms with E-state index >= 15 is 0 Å². The molecule has 0 radical (unpaired) electrons. The van der Waals surface area contributed by atoms with Gasteiger partial charge in [0.1, 0.15) is 11.6 Å². The molecule has 0 bridgehead atoms. The summed E-state index contributed by atoms with van der Waals surface area (Å²) in [7, 11) is 1.59. The Morgan fingerprint density at radius 2 is 1.91 bits per heavy atom. The summed E-state index contributed by atoms with van der Waals surface area (Å²) in [6.07, 6.45) is 5.22. The van der Waals surface area contributed by atoms with Crippen molar-refractivity contribution in [2.45, 2.75) is 6.42 Å². The zero-order valence-corrected chi connectivity index (χ0v) is 18.7. The van der Waals surface area contributed by atoms with Crippen LogP contribution in [0.4, 0.5) is 8.78 Å². The number of halogens is 2. The minimum absolute atomic E-state index is 0.168. The van der Waals surface area contributed by atoms with Gasteiger partial charge in [-0.05, 0) is 42.3 Å². The van der Waals surface area contributed by atoms with E-state index in [0.29, 0.717) is 23.2 Å². The number of rotatable bonds is 8. The lowest BCUT2D eigenvalue weighted by Crippen LogP contribution is -2.19. The predicted octanol–water partition coefficient (Wildman–Crippen LogP) is 3.23. The maximum atomic E-state index is 14.3. The van der Waals surface area contributed by atoms with Crippen molar-refractivity contribution in [1.29, 1.82) is 0 Å². The monoisotopic (exact) mass is 485 g/mol. The van der Waals surface area contributed by atoms with E-state index in [-0.39, 0.29) is 23.6 Å². The Morgan fingerprint density at radius 1 is 1.12 bits per heavy atom. The molecule has 176 valence electrons. The molecule has 4 rings (SSSR count). The van der Waals surface area contributed by atoms with Gasteiger partial charge in [0.05, 0.1) is 5.69 Å². The molecule has 0 spiro atoms. The zero-order valence-electron chi connectivity index (χ0n) is 17.9. The van der Waals surface area contributed by atoms with Crippen LogP contribution >= 0.6 is 0 Å². The van der Waals surface area contributed by atoms with Gasteiger partial charge in [-0.25, -0.2) is 18.2 Å². The van der Waals surface area contributed by atoms with E-state index in [1.54, 1.807) is 49.9 Å². The van der Waals surface area contributed by atoms with Crippen molar-refractivity contribution >= 4 is 11.3 Å². The molecule has 1 N–H and O–H groups in total. The van der Waals surface area contributed by atoms with Crippen molar-refractivity contribution in [3.63, 3.8) is 0 Å². The van der Waals surface area contributed by atoms with Crippen LogP contribution < -0.4 is 15.0 Å². The Balaban J connectivity index is 1.85. The average Bonchev–Trinajstić information content (AvgIpc) is 3.32. The number of aryl methyl sites for hydroxylation is 1. The first-order chi connectivity index (χ1) is 16.3. The summed E-state index contributed by atoms with van der Waals surface area (Å²) in [4.78, 5) is 12.4. The average molecular weight is 485 g/mol. The van der Waals surface area contributed by atoms with Crippen LogP contribution in [0.25, 0.3) is 16.8 Å². The highest BCUT2D eigenvalue weighted by molar-refractivity contribution is 7.77. The van der Waals surface area contributed by atoms with Crippen LogP contribution in [0.2, 0.25) is 0 Å². The minimum Gasteiger partial charge on any atom is -0.760 e. The number of nitrogens with one attached hydrogen (secondary N) is 1. The van der Waals surface area contributed by atoms with E-state index in [9.17, 15) is 22.3 Å². The van der Waals surface area contributed by atoms with E-state index in [1.165, 1.54) is 21.4 Å². The quantitative estimate of drug-likeness (QED) is 0.386. The molecule has 8 nitrogen and oxygen atoms in total. The molecule has 0 saturated heterocycles. The fourth-order valence-electron chi connectivity index (χ4n) is 3.42. The highest BCUT2D eigenvalue weighted by Crippen LogP contribution is 2.37. The number of hydrogen-bond donors (Lipinski definition) is 1. The largest absolute Gasteiger partial charge is 0.760 e. The van der Waals surface area contributed by atoms with Gasteiger partial charge in [0.15, 0.2) is 11.6 Å². The van der Waals surface area contributed by atoms with Crippen molar-refractivity contribution in [3.05, 3.63) is 94.7 Å². The number of hydrogen-bond acceptors (Lipinski definition) is 5. The first kappa shape index (κ1) is 23.5. The molecular formula is C23H19F2N4O4S-. The van der Waals surface area contributed by atoms with Crippen LogP contribution in [0.3, 0.4) is 0 Å². The van der Waals surface area contributed by atoms with Gasteiger partial charge in [-0.1, -0.05) is 6.07 Å². The molecule has 11 heteroatoms. The molecule has 1 unspecified atom stereocenters. The lowest BCUT2D eigenvalue weighted by atomic mass is 10.00. The Hall–Kier alpha value is -3.67. The lowest BCUT2D eigenvalue weighted by Gasteiger charge is -2.17. The number of ether oxygens (including phenoxy) is 1. The third-order valence-electron chi connectivity index (χ3n) is 5.04. The van der Waals surface area contributed by atoms with Crippen LogP contribution in [-0.2, 0) is 24.7 Å². The summed E-state index contributed by atoms with van der Waals surface area (Å²) in [6, 6.07) is 11.2. The number of nitrogens with zero attached hydrogens (tertiary/aromatic N) is 3. The summed E-state index contributed by atoms with van der Waals surface area (Å²) in [5.41, 5.74) is 2.03. The van der Waals surface area contributed by atoms with Crippen molar-refractivity contribution in [3.8, 4) is 28.3 Å². The maximum absolute atomic E-state index is 14.3. The Morgan fingerprint density at radius 3 is 2.62 bits per heavy atom. The van der Waals surface area contributed by atoms with Gasteiger partial charge in [0.2, 0.25) is 0 Å². The van der Waals surface area contributed by atoms with Crippen LogP contribution in [0, 0.1) is 11.6 Å². The van der Waals surface area contributed by atoms with Crippen molar-refractivity contribution < 1.29 is 22.3 Å². The van der Waals surface area contributed by atoms with E-state index in [4.69, 9.17) is 4.74 Å². The number of benzene rings is 2. The minimum atomic E-state index is -2.39. The molecule has 2 aromatic carbocycles. The van der Waals surface area contributed by atoms with Crippen LogP contribution in [0.5, 0.6) is 11.5 Å². The molecule has 2 aromatic heterocycles. The molecule has 0 aliphatic carbocycles. The molecule has 0 fully saturated rings. The summed E-state index contributed by atoms with van der Waals surface area (Å²) in [6.45, 7) is 0.168. The van der Waals surface area contributed by atoms with E-state index in [1.807, 2.05) is 0 Å². The van der Waals surface area contributed by atoms with Gasteiger partial charge in [0, 0.05) is 66.7 Å². The molecule has 4 aromatic rings. The molecule has 34 heavy (non-hydrogen) atoms. The molecule has 0 aliphatic heterocycles. The fourth-order valence-corrected chi connectivity index (χ4v) is 3.68. The van der Waals surface area contributed by atoms with Gasteiger partial charge in [-0.3, -0.25) is 9.00 Å². The van der Waals surface area contributed by atoms with Crippen LogP contribution in [-0.4, -0.2) is 29.7 Å². The van der Waals surface area contributed by atoms with E-state index < -0.39 is 22.9 Å². The Kier molecular flexibility index (Phi) is 6.96. The molecule has 2 heterocycles. The first-order valence-corrected chi connectivity index (χ1v) is 11.2. The van der Waals surface area contributed by atoms with Gasteiger partial charge in [-0.2, -0.15) is 5.10 Å². The van der Waals surface area contributed by atoms with Gasteiger partial charge in [0.25, 0.3) is 5.56 Å². The summed E-state index contributed by atoms with van der Waals surface area (Å²) in [5, 5.41) is 4.22. The molecular weight excluding hydrogens is 466 g/mol. The highest BCUT2D eigenvalue weighted by atomic mass is 32.2. The Bertz CT molecular complexity index is 1410. The predicted molar refractivity (Wildman–Crippen MR) is 121 cm³/mol. The first-order valence-electron chi connectivity index (χ1n) is 10.1. The molecule has 0 saturated carbocycles. The van der Waals surface area contributed by atoms with Gasteiger partial charge in [-0.15, -0.1) is 0 Å². The van der Waals surface area contributed by atoms with Crippen LogP contribution in [0.15, 0.2) is 71.9 Å². The summed E-state index contributed by atoms with van der Waals surface area (Å²) >= 11 is -2.39. The lowest BCUT2D eigenvalue weighted by molar-refractivity contribution is 0.439. The number of pyridine rings is 1. The van der Waals surface area contributed by atoms with Crippen molar-refractivity contribution in [2.24, 2.45) is 7.05 Å². The molecule has 1 atom stereocenters. The molecule has 0 amide bonds. The zero-order chi connectivity index (χ0) is 24.2. The van der Waals surface area contributed by atoms with Crippen molar-refractivity contribution in [2.75, 3.05) is 6.54 Å². The fraction of sp³-hybridized carbons (Fsp3) is 0.130. The maximum Gasteiger partial charge on any atom is 0.252 e. The topological polar surface area (TPSA) is 101 Å². The SMILES string of the molecule is Cn1cc(-c2cc(CCNS(=O)[O-])ccc2Oc2ccc(F)cc2F)c(-n2cccn2)cc1=O. The Labute approximate surface area is 195 Å². The third kappa shape index (κ3) is 5.28. The molecule has 0 aliphatic rings. The third-order valence-corrected chi connectivity index (χ3v) is 5.48. The summed E-state index contributed by atoms with van der Waals surface area (Å²) in [5.74, 6) is -1.53. The van der Waals surface area contributed by atoms with Gasteiger partial charge < -0.3 is 13.9 Å². The van der Waals surface area contributed by atoms with E-state index in [2.05, 4.69) is 9.82 Å². The smallest absolute Gasteiger partial charge is 0.252 e. The normalized spacial score (nSPS) is 12.0. The van der Waals surface area contributed by atoms with Crippen LogP contribution in [0.1, 0.15) is 5.56 Å². The van der Waals surface area contributed by atoms with Crippen molar-refractivity contribution in [1.82, 2.24) is 19.1 Å². The second-order valence-electron chi connectivity index (χ2n) is 7.36. The van der Waals surface area contributed by atoms with E-state index in [0.717, 1.165) is 17.7 Å². The number of aromatic nitrogens is 3. The second kappa shape index (κ2) is 10.1. The summed E-state index contributed by atoms with van der Waals surface area (Å²) < 4.78 is 60.3. The standard InChI is InChI=1S/C23H20F2N4O4S/c1-28-14-18(20(13-23(28)30)29-10-2-8-26-29)17-11-15(7-9-27-34(31)32)3-5-21(17)33-22-6-4-16(24)12-19(22)25/h2-6,8,10-14,27H,7,9H2,1H3,(H,31,32)/p-1. The van der Waals surface area contributed by atoms with Gasteiger partial charge >= 0.3 is 0 Å². The second-order valence-corrected chi connectivity index (χ2v) is 8.12. The highest BCUT2D eigenvalue weighted by Gasteiger charge is 2.17.